The Bertz CT molecular complexity index is 1030. The molecule has 0 saturated heterocycles. The lowest BCUT2D eigenvalue weighted by Gasteiger charge is -2.32. The van der Waals surface area contributed by atoms with Crippen LogP contribution in [0, 0.1) is 0 Å². The summed E-state index contributed by atoms with van der Waals surface area (Å²) in [5, 5.41) is 11.4. The Hall–Kier alpha value is -3.07. The van der Waals surface area contributed by atoms with Crippen LogP contribution in [0.25, 0.3) is 0 Å². The minimum Gasteiger partial charge on any atom is -0.490 e. The number of carbonyl (C=O) groups excluding carboxylic acids is 1. The number of alkyl halides is 3. The molecule has 1 amide bonds. The Balaban J connectivity index is 1.54. The molecule has 1 fully saturated rings. The highest BCUT2D eigenvalue weighted by atomic mass is 19.4. The predicted molar refractivity (Wildman–Crippen MR) is 142 cm³/mol. The summed E-state index contributed by atoms with van der Waals surface area (Å²) in [4.78, 5) is 23.0. The van der Waals surface area contributed by atoms with Gasteiger partial charge in [0.25, 0.3) is 5.91 Å². The first-order valence-corrected chi connectivity index (χ1v) is 13.7. The molecule has 9 heteroatoms. The van der Waals surface area contributed by atoms with Crippen molar-refractivity contribution in [1.29, 1.82) is 0 Å². The third kappa shape index (κ3) is 10.2. The first-order chi connectivity index (χ1) is 18.7. The lowest BCUT2D eigenvalue weighted by Crippen LogP contribution is -2.29. The number of halogens is 3. The largest absolute Gasteiger partial charge is 0.490 e. The Morgan fingerprint density at radius 3 is 2.18 bits per heavy atom. The molecule has 0 spiro atoms. The number of carboxylic acids is 1. The van der Waals surface area contributed by atoms with Gasteiger partial charge in [-0.3, -0.25) is 9.59 Å². The number of hydrogen-bond acceptors (Lipinski definition) is 4. The van der Waals surface area contributed by atoms with E-state index in [1.165, 1.54) is 12.1 Å². The third-order valence-electron chi connectivity index (χ3n) is 6.95. The second kappa shape index (κ2) is 14.9. The van der Waals surface area contributed by atoms with Crippen LogP contribution >= 0.6 is 0 Å². The van der Waals surface area contributed by atoms with Gasteiger partial charge in [-0.1, -0.05) is 44.7 Å². The molecule has 0 bridgehead atoms. The Labute approximate surface area is 227 Å². The van der Waals surface area contributed by atoms with Crippen LogP contribution in [0.3, 0.4) is 0 Å². The van der Waals surface area contributed by atoms with Gasteiger partial charge in [0, 0.05) is 12.1 Å². The molecule has 3 rings (SSSR count). The molecular formula is C30H38F3NO5. The van der Waals surface area contributed by atoms with Gasteiger partial charge in [0.2, 0.25) is 0 Å². The molecule has 0 radical (unpaired) electrons. The highest BCUT2D eigenvalue weighted by molar-refractivity contribution is 5.94. The number of carboxylic acid groups (broad SMARTS) is 1. The monoisotopic (exact) mass is 549 g/mol. The molecule has 39 heavy (non-hydrogen) atoms. The molecule has 2 N–H and O–H groups in total. The van der Waals surface area contributed by atoms with Crippen molar-refractivity contribution >= 4 is 11.9 Å². The maximum absolute atomic E-state index is 12.8. The van der Waals surface area contributed by atoms with Crippen LogP contribution in [0.1, 0.15) is 98.7 Å². The van der Waals surface area contributed by atoms with E-state index in [2.05, 4.69) is 12.2 Å². The average molecular weight is 550 g/mol. The molecule has 1 aliphatic rings. The molecule has 1 unspecified atom stereocenters. The summed E-state index contributed by atoms with van der Waals surface area (Å²) in [6, 6.07) is 12.1. The topological polar surface area (TPSA) is 84.9 Å². The van der Waals surface area contributed by atoms with E-state index in [1.54, 1.807) is 12.1 Å². The fourth-order valence-corrected chi connectivity index (χ4v) is 4.74. The van der Waals surface area contributed by atoms with E-state index >= 15 is 0 Å². The maximum Gasteiger partial charge on any atom is 0.416 e. The molecule has 1 atom stereocenters. The number of ether oxygens (including phenoxy) is 2. The van der Waals surface area contributed by atoms with Crippen LogP contribution in [-0.4, -0.2) is 35.7 Å². The highest BCUT2D eigenvalue weighted by Gasteiger charge is 2.30. The first kappa shape index (κ1) is 30.5. The van der Waals surface area contributed by atoms with Crippen molar-refractivity contribution in [2.24, 2.45) is 0 Å². The van der Waals surface area contributed by atoms with E-state index in [4.69, 9.17) is 14.6 Å². The summed E-state index contributed by atoms with van der Waals surface area (Å²) >= 11 is 0. The number of hydrogen-bond donors (Lipinski definition) is 2. The Morgan fingerprint density at radius 1 is 0.949 bits per heavy atom. The molecule has 1 aliphatic carbocycles. The van der Waals surface area contributed by atoms with Gasteiger partial charge in [-0.2, -0.15) is 13.2 Å². The van der Waals surface area contributed by atoms with Crippen molar-refractivity contribution in [3.8, 4) is 5.75 Å². The van der Waals surface area contributed by atoms with Crippen molar-refractivity contribution < 1.29 is 37.3 Å². The van der Waals surface area contributed by atoms with Crippen molar-refractivity contribution in [3.05, 3.63) is 65.2 Å². The molecule has 2 aromatic carbocycles. The van der Waals surface area contributed by atoms with E-state index in [-0.39, 0.29) is 37.2 Å². The second-order valence-electron chi connectivity index (χ2n) is 10.0. The van der Waals surface area contributed by atoms with Crippen molar-refractivity contribution in [3.63, 3.8) is 0 Å². The number of carbonyl (C=O) groups is 2. The minimum atomic E-state index is -4.37. The maximum atomic E-state index is 12.8. The summed E-state index contributed by atoms with van der Waals surface area (Å²) in [5.41, 5.74) is 0.773. The summed E-state index contributed by atoms with van der Waals surface area (Å²) in [6.07, 6.45) is 3.79. The van der Waals surface area contributed by atoms with Gasteiger partial charge in [0.1, 0.15) is 5.75 Å². The quantitative estimate of drug-likeness (QED) is 0.241. The number of aliphatic carboxylic acids is 1. The highest BCUT2D eigenvalue weighted by Crippen LogP contribution is 2.34. The lowest BCUT2D eigenvalue weighted by molar-refractivity contribution is -0.138. The Morgan fingerprint density at radius 2 is 1.59 bits per heavy atom. The molecule has 1 saturated carbocycles. The fraction of sp³-hybridized carbons (Fsp3) is 0.533. The van der Waals surface area contributed by atoms with Crippen LogP contribution < -0.4 is 10.1 Å². The molecular weight excluding hydrogens is 511 g/mol. The van der Waals surface area contributed by atoms with Crippen LogP contribution in [-0.2, 0) is 15.7 Å². The third-order valence-corrected chi connectivity index (χ3v) is 6.95. The van der Waals surface area contributed by atoms with E-state index < -0.39 is 17.7 Å². The summed E-state index contributed by atoms with van der Waals surface area (Å²) in [6.45, 7) is 2.24. The van der Waals surface area contributed by atoms with Gasteiger partial charge in [-0.05, 0) is 74.1 Å². The van der Waals surface area contributed by atoms with Gasteiger partial charge in [-0.25, -0.2) is 0 Å². The van der Waals surface area contributed by atoms with Crippen molar-refractivity contribution in [1.82, 2.24) is 5.32 Å². The molecule has 0 heterocycles. The van der Waals surface area contributed by atoms with Gasteiger partial charge in [0.15, 0.2) is 0 Å². The number of unbranched alkanes of at least 4 members (excludes halogenated alkanes) is 3. The van der Waals surface area contributed by atoms with E-state index in [0.29, 0.717) is 11.3 Å². The average Bonchev–Trinajstić information content (AvgIpc) is 2.91. The summed E-state index contributed by atoms with van der Waals surface area (Å²) in [7, 11) is 0. The van der Waals surface area contributed by atoms with E-state index in [9.17, 15) is 22.8 Å². The van der Waals surface area contributed by atoms with Crippen LogP contribution in [0.2, 0.25) is 0 Å². The van der Waals surface area contributed by atoms with E-state index in [0.717, 1.165) is 75.5 Å². The lowest BCUT2D eigenvalue weighted by atomic mass is 9.94. The van der Waals surface area contributed by atoms with Gasteiger partial charge < -0.3 is 19.9 Å². The van der Waals surface area contributed by atoms with E-state index in [1.807, 2.05) is 12.1 Å². The summed E-state index contributed by atoms with van der Waals surface area (Å²) in [5.74, 6) is -0.836. The zero-order valence-corrected chi connectivity index (χ0v) is 22.3. The number of amides is 1. The second-order valence-corrected chi connectivity index (χ2v) is 10.0. The van der Waals surface area contributed by atoms with Crippen LogP contribution in [0.4, 0.5) is 13.2 Å². The van der Waals surface area contributed by atoms with Crippen LogP contribution in [0.5, 0.6) is 5.75 Å². The van der Waals surface area contributed by atoms with Crippen molar-refractivity contribution in [2.45, 2.75) is 95.6 Å². The SMILES string of the molecule is CCCCCCC(OC1CCC(Oc2ccc(C(F)(F)F)cc2)CC1)c1ccc(C(=O)NCCC(=O)O)cc1. The van der Waals surface area contributed by atoms with Gasteiger partial charge >= 0.3 is 12.1 Å². The first-order valence-electron chi connectivity index (χ1n) is 13.7. The molecule has 0 aromatic heterocycles. The van der Waals surface area contributed by atoms with Gasteiger partial charge in [0.05, 0.1) is 30.3 Å². The summed E-state index contributed by atoms with van der Waals surface area (Å²) < 4.78 is 50.9. The smallest absolute Gasteiger partial charge is 0.416 e. The van der Waals surface area contributed by atoms with Crippen LogP contribution in [0.15, 0.2) is 48.5 Å². The number of nitrogens with one attached hydrogen (secondary N) is 1. The molecule has 6 nitrogen and oxygen atoms in total. The normalized spacial score (nSPS) is 18.4. The zero-order valence-electron chi connectivity index (χ0n) is 22.3. The molecule has 0 aliphatic heterocycles. The number of rotatable bonds is 14. The molecule has 2 aromatic rings. The zero-order chi connectivity index (χ0) is 28.3. The van der Waals surface area contributed by atoms with Crippen molar-refractivity contribution in [2.75, 3.05) is 6.54 Å². The Kier molecular flexibility index (Phi) is 11.7. The predicted octanol–water partition coefficient (Wildman–Crippen LogP) is 7.33. The standard InChI is InChI=1S/C30H38F3NO5/c1-2-3-4-5-6-27(21-7-9-22(10-8-21)29(37)34-20-19-28(35)36)39-26-17-15-25(16-18-26)38-24-13-11-23(12-14-24)30(31,32)33/h7-14,25-27H,2-6,15-20H2,1H3,(H,34,37)(H,35,36). The fourth-order valence-electron chi connectivity index (χ4n) is 4.74. The molecule has 214 valence electrons. The number of benzene rings is 2. The van der Waals surface area contributed by atoms with Gasteiger partial charge in [-0.15, -0.1) is 0 Å². The minimum absolute atomic E-state index is 0.0487.